The van der Waals surface area contributed by atoms with Crippen LogP contribution >= 0.6 is 0 Å². The van der Waals surface area contributed by atoms with Crippen molar-refractivity contribution in [3.8, 4) is 17.0 Å². The molecule has 0 spiro atoms. The summed E-state index contributed by atoms with van der Waals surface area (Å²) in [5, 5.41) is 7.15. The molecular formula is C22H24N4O2. The molecule has 6 nitrogen and oxygen atoms in total. The first-order valence-electron chi connectivity index (χ1n) is 9.52. The monoisotopic (exact) mass is 376 g/mol. The van der Waals surface area contributed by atoms with Gasteiger partial charge in [0.05, 0.1) is 24.5 Å². The lowest BCUT2D eigenvalue weighted by molar-refractivity contribution is 0.0704. The molecule has 1 aliphatic rings. The van der Waals surface area contributed by atoms with Gasteiger partial charge in [0.25, 0.3) is 5.91 Å². The number of carbonyl (C=O) groups excluding carboxylic acids is 1. The van der Waals surface area contributed by atoms with E-state index in [4.69, 9.17) is 4.74 Å². The molecule has 2 aromatic carbocycles. The average Bonchev–Trinajstić information content (AvgIpc) is 3.23. The Bertz CT molecular complexity index is 954. The van der Waals surface area contributed by atoms with Gasteiger partial charge in [-0.1, -0.05) is 42.5 Å². The summed E-state index contributed by atoms with van der Waals surface area (Å²) in [5.41, 5.74) is 3.32. The first-order chi connectivity index (χ1) is 13.7. The molecule has 3 aromatic rings. The zero-order valence-corrected chi connectivity index (χ0v) is 16.1. The number of hydrogen-bond acceptors (Lipinski definition) is 4. The molecular weight excluding hydrogens is 352 g/mol. The summed E-state index contributed by atoms with van der Waals surface area (Å²) in [6.07, 6.45) is -0.0830. The molecule has 0 fully saturated rings. The predicted octanol–water partition coefficient (Wildman–Crippen LogP) is 3.44. The highest BCUT2D eigenvalue weighted by atomic mass is 16.5. The number of likely N-dealkylation sites (N-methyl/N-ethyl adjacent to an activating group) is 2. The van der Waals surface area contributed by atoms with Gasteiger partial charge in [-0.3, -0.25) is 9.89 Å². The van der Waals surface area contributed by atoms with Crippen molar-refractivity contribution in [2.45, 2.75) is 13.0 Å². The van der Waals surface area contributed by atoms with Gasteiger partial charge in [0.2, 0.25) is 0 Å². The van der Waals surface area contributed by atoms with Crippen LogP contribution in [0.15, 0.2) is 60.7 Å². The molecule has 1 N–H and O–H groups in total. The van der Waals surface area contributed by atoms with E-state index in [1.165, 1.54) is 0 Å². The smallest absolute Gasteiger partial charge is 0.271 e. The van der Waals surface area contributed by atoms with Crippen LogP contribution in [-0.4, -0.2) is 53.8 Å². The summed E-state index contributed by atoms with van der Waals surface area (Å²) in [4.78, 5) is 16.8. The van der Waals surface area contributed by atoms with E-state index in [2.05, 4.69) is 28.1 Å². The summed E-state index contributed by atoms with van der Waals surface area (Å²) in [5.74, 6) is 0.773. The number of aromatic nitrogens is 2. The van der Waals surface area contributed by atoms with E-state index in [0.29, 0.717) is 12.2 Å². The van der Waals surface area contributed by atoms with Crippen molar-refractivity contribution in [1.82, 2.24) is 15.1 Å². The second-order valence-electron chi connectivity index (χ2n) is 6.96. The number of fused-ring (bicyclic) bond motifs is 1. The van der Waals surface area contributed by atoms with Crippen LogP contribution < -0.4 is 9.64 Å². The Morgan fingerprint density at radius 2 is 1.96 bits per heavy atom. The maximum absolute atomic E-state index is 12.8. The molecule has 0 bridgehead atoms. The van der Waals surface area contributed by atoms with Crippen LogP contribution in [0.2, 0.25) is 0 Å². The van der Waals surface area contributed by atoms with E-state index in [9.17, 15) is 4.79 Å². The Hall–Kier alpha value is -3.28. The Morgan fingerprint density at radius 3 is 2.75 bits per heavy atom. The number of anilines is 1. The lowest BCUT2D eigenvalue weighted by atomic mass is 10.1. The number of rotatable bonds is 5. The van der Waals surface area contributed by atoms with E-state index in [0.717, 1.165) is 35.8 Å². The zero-order chi connectivity index (χ0) is 19.5. The Kier molecular flexibility index (Phi) is 5.02. The summed E-state index contributed by atoms with van der Waals surface area (Å²) in [7, 11) is 1.80. The highest BCUT2D eigenvalue weighted by molar-refractivity contribution is 5.93. The number of nitrogens with zero attached hydrogens (tertiary/aromatic N) is 3. The van der Waals surface area contributed by atoms with Crippen molar-refractivity contribution in [3.63, 3.8) is 0 Å². The fourth-order valence-electron chi connectivity index (χ4n) is 3.56. The highest BCUT2D eigenvalue weighted by Gasteiger charge is 2.27. The lowest BCUT2D eigenvalue weighted by Crippen LogP contribution is -2.46. The zero-order valence-electron chi connectivity index (χ0n) is 16.1. The Morgan fingerprint density at radius 1 is 1.21 bits per heavy atom. The van der Waals surface area contributed by atoms with Crippen LogP contribution in [-0.2, 0) is 0 Å². The minimum Gasteiger partial charge on any atom is -0.485 e. The number of amides is 1. The van der Waals surface area contributed by atoms with Crippen molar-refractivity contribution < 1.29 is 9.53 Å². The van der Waals surface area contributed by atoms with Crippen LogP contribution in [0.25, 0.3) is 11.3 Å². The molecule has 0 saturated heterocycles. The Labute approximate surface area is 164 Å². The number of benzene rings is 2. The molecule has 1 unspecified atom stereocenters. The maximum atomic E-state index is 12.8. The minimum absolute atomic E-state index is 0.0830. The molecule has 1 atom stereocenters. The second kappa shape index (κ2) is 7.76. The molecule has 1 aromatic heterocycles. The number of ether oxygens (including phenoxy) is 1. The van der Waals surface area contributed by atoms with Gasteiger partial charge in [-0.25, -0.2) is 0 Å². The first-order valence-corrected chi connectivity index (χ1v) is 9.52. The average molecular weight is 376 g/mol. The third-order valence-corrected chi connectivity index (χ3v) is 5.01. The van der Waals surface area contributed by atoms with Crippen LogP contribution in [0.5, 0.6) is 5.75 Å². The Balaban J connectivity index is 1.45. The number of aromatic amines is 1. The van der Waals surface area contributed by atoms with Gasteiger partial charge < -0.3 is 14.5 Å². The molecule has 144 valence electrons. The molecule has 1 amide bonds. The number of nitrogens with one attached hydrogen (secondary N) is 1. The molecule has 4 rings (SSSR count). The molecule has 1 aliphatic heterocycles. The number of H-pyrrole nitrogens is 1. The van der Waals surface area contributed by atoms with Crippen molar-refractivity contribution in [1.29, 1.82) is 0 Å². The third kappa shape index (κ3) is 3.58. The summed E-state index contributed by atoms with van der Waals surface area (Å²) in [6, 6.07) is 19.6. The fraction of sp³-hybridized carbons (Fsp3) is 0.273. The summed E-state index contributed by atoms with van der Waals surface area (Å²) >= 11 is 0. The van der Waals surface area contributed by atoms with Gasteiger partial charge in [-0.15, -0.1) is 0 Å². The van der Waals surface area contributed by atoms with Gasteiger partial charge >= 0.3 is 0 Å². The summed E-state index contributed by atoms with van der Waals surface area (Å²) in [6.45, 7) is 4.28. The van der Waals surface area contributed by atoms with Gasteiger partial charge in [0, 0.05) is 19.2 Å². The maximum Gasteiger partial charge on any atom is 0.271 e. The van der Waals surface area contributed by atoms with Crippen LogP contribution in [0.4, 0.5) is 5.69 Å². The van der Waals surface area contributed by atoms with Gasteiger partial charge in [0.1, 0.15) is 17.5 Å². The summed E-state index contributed by atoms with van der Waals surface area (Å²) < 4.78 is 6.13. The van der Waals surface area contributed by atoms with Crippen molar-refractivity contribution >= 4 is 11.6 Å². The third-order valence-electron chi connectivity index (χ3n) is 5.01. The molecule has 0 saturated carbocycles. The standard InChI is InChI=1S/C22H24N4O2/c1-3-26-15-17(28-21-12-8-7-11-20(21)26)14-25(2)22(27)19-13-18(23-24-19)16-9-5-4-6-10-16/h4-13,17H,3,14-15H2,1-2H3,(H,23,24). The van der Waals surface area contributed by atoms with Crippen molar-refractivity contribution in [3.05, 3.63) is 66.4 Å². The normalized spacial score (nSPS) is 15.6. The van der Waals surface area contributed by atoms with Gasteiger partial charge in [-0.05, 0) is 25.1 Å². The van der Waals surface area contributed by atoms with Crippen LogP contribution in [0, 0.1) is 0 Å². The largest absolute Gasteiger partial charge is 0.485 e. The van der Waals surface area contributed by atoms with Gasteiger partial charge in [0.15, 0.2) is 0 Å². The van der Waals surface area contributed by atoms with E-state index in [1.807, 2.05) is 48.5 Å². The number of para-hydroxylation sites is 2. The number of carbonyl (C=O) groups is 1. The van der Waals surface area contributed by atoms with Crippen LogP contribution in [0.3, 0.4) is 0 Å². The minimum atomic E-state index is -0.0970. The van der Waals surface area contributed by atoms with E-state index < -0.39 is 0 Å². The number of hydrogen-bond donors (Lipinski definition) is 1. The lowest BCUT2D eigenvalue weighted by Gasteiger charge is -2.37. The van der Waals surface area contributed by atoms with Crippen molar-refractivity contribution in [2.24, 2.45) is 0 Å². The predicted molar refractivity (Wildman–Crippen MR) is 110 cm³/mol. The molecule has 0 radical (unpaired) electrons. The quantitative estimate of drug-likeness (QED) is 0.741. The van der Waals surface area contributed by atoms with E-state index >= 15 is 0 Å². The topological polar surface area (TPSA) is 61.5 Å². The molecule has 2 heterocycles. The highest BCUT2D eigenvalue weighted by Crippen LogP contribution is 2.33. The first kappa shape index (κ1) is 18.1. The molecule has 0 aliphatic carbocycles. The van der Waals surface area contributed by atoms with E-state index in [-0.39, 0.29) is 12.0 Å². The fourth-order valence-corrected chi connectivity index (χ4v) is 3.56. The van der Waals surface area contributed by atoms with Crippen molar-refractivity contribution in [2.75, 3.05) is 31.6 Å². The second-order valence-corrected chi connectivity index (χ2v) is 6.96. The molecule has 28 heavy (non-hydrogen) atoms. The van der Waals surface area contributed by atoms with Gasteiger partial charge in [-0.2, -0.15) is 5.10 Å². The van der Waals surface area contributed by atoms with E-state index in [1.54, 1.807) is 18.0 Å². The van der Waals surface area contributed by atoms with Crippen LogP contribution in [0.1, 0.15) is 17.4 Å². The SMILES string of the molecule is CCN1CC(CN(C)C(=O)c2cc(-c3ccccc3)n[nH]2)Oc2ccccc21. The molecule has 6 heteroatoms.